The second-order valence-electron chi connectivity index (χ2n) is 4.72. The highest BCUT2D eigenvalue weighted by atomic mass is 79.9. The lowest BCUT2D eigenvalue weighted by Crippen LogP contribution is -2.21. The van der Waals surface area contributed by atoms with Crippen LogP contribution in [0.5, 0.6) is 0 Å². The highest BCUT2D eigenvalue weighted by molar-refractivity contribution is 9.10. The molecule has 0 bridgehead atoms. The molecule has 6 nitrogen and oxygen atoms in total. The van der Waals surface area contributed by atoms with E-state index in [1.807, 2.05) is 24.3 Å². The fourth-order valence-electron chi connectivity index (χ4n) is 1.96. The van der Waals surface area contributed by atoms with Crippen molar-refractivity contribution in [2.75, 3.05) is 7.11 Å². The number of ether oxygens (including phenoxy) is 1. The molecule has 0 fully saturated rings. The summed E-state index contributed by atoms with van der Waals surface area (Å²) in [6, 6.07) is 10.6. The van der Waals surface area contributed by atoms with Gasteiger partial charge in [-0.2, -0.15) is 4.31 Å². The minimum Gasteiger partial charge on any atom is -0.465 e. The van der Waals surface area contributed by atoms with Crippen LogP contribution in [0, 0.1) is 0 Å². The van der Waals surface area contributed by atoms with Gasteiger partial charge in [0.1, 0.15) is 0 Å². The maximum Gasteiger partial charge on any atom is 0.339 e. The van der Waals surface area contributed by atoms with Crippen LogP contribution in [0.3, 0.4) is 0 Å². The number of esters is 1. The summed E-state index contributed by atoms with van der Waals surface area (Å²) >= 11 is 3.36. The molecule has 0 radical (unpaired) electrons. The van der Waals surface area contributed by atoms with Crippen LogP contribution in [0.25, 0.3) is 0 Å². The zero-order valence-electron chi connectivity index (χ0n) is 12.3. The highest BCUT2D eigenvalue weighted by Crippen LogP contribution is 2.15. The number of benzene rings is 1. The molecule has 0 N–H and O–H groups in total. The summed E-state index contributed by atoms with van der Waals surface area (Å²) in [6.07, 6.45) is 1.37. The molecule has 23 heavy (non-hydrogen) atoms. The number of carbonyl (C=O) groups is 1. The molecule has 8 heteroatoms. The zero-order chi connectivity index (χ0) is 16.8. The van der Waals surface area contributed by atoms with E-state index in [9.17, 15) is 13.2 Å². The van der Waals surface area contributed by atoms with Crippen molar-refractivity contribution < 1.29 is 17.9 Å². The number of aromatic nitrogens is 1. The van der Waals surface area contributed by atoms with Crippen LogP contribution in [-0.4, -0.2) is 30.8 Å². The quantitative estimate of drug-likeness (QED) is 0.595. The number of rotatable bonds is 6. The molecule has 1 aromatic heterocycles. The average molecular weight is 399 g/mol. The molecule has 1 heterocycles. The molecule has 0 aliphatic carbocycles. The SMILES string of the molecule is COC(=O)c1ccc(CN(Cc2cccc(Br)c2)[SH](=O)=O)nc1. The third kappa shape index (κ3) is 5.12. The summed E-state index contributed by atoms with van der Waals surface area (Å²) in [4.78, 5) is 15.5. The Labute approximate surface area is 144 Å². The number of carbonyl (C=O) groups excluding carboxylic acids is 1. The Morgan fingerprint density at radius 3 is 2.61 bits per heavy atom. The van der Waals surface area contributed by atoms with Crippen molar-refractivity contribution in [2.45, 2.75) is 13.1 Å². The number of pyridine rings is 1. The van der Waals surface area contributed by atoms with E-state index < -0.39 is 16.9 Å². The van der Waals surface area contributed by atoms with Gasteiger partial charge in [0.05, 0.1) is 24.9 Å². The van der Waals surface area contributed by atoms with E-state index in [1.54, 1.807) is 12.1 Å². The van der Waals surface area contributed by atoms with Crippen molar-refractivity contribution in [1.29, 1.82) is 0 Å². The molecule has 2 aromatic rings. The largest absolute Gasteiger partial charge is 0.465 e. The van der Waals surface area contributed by atoms with E-state index in [4.69, 9.17) is 0 Å². The first-order valence-corrected chi connectivity index (χ1v) is 8.59. The third-order valence-corrected chi connectivity index (χ3v) is 4.31. The topological polar surface area (TPSA) is 76.6 Å². The van der Waals surface area contributed by atoms with Crippen LogP contribution < -0.4 is 0 Å². The predicted molar refractivity (Wildman–Crippen MR) is 89.3 cm³/mol. The van der Waals surface area contributed by atoms with Gasteiger partial charge in [0.15, 0.2) is 0 Å². The van der Waals surface area contributed by atoms with Crippen molar-refractivity contribution >= 4 is 32.8 Å². The Bertz CT molecular complexity index is 754. The van der Waals surface area contributed by atoms with Crippen molar-refractivity contribution in [1.82, 2.24) is 9.29 Å². The predicted octanol–water partition coefficient (Wildman–Crippen LogP) is 2.16. The van der Waals surface area contributed by atoms with Gasteiger partial charge < -0.3 is 4.74 Å². The molecular formula is C15H15BrN2O4S. The van der Waals surface area contributed by atoms with Crippen LogP contribution in [0.15, 0.2) is 47.1 Å². The normalized spacial score (nSPS) is 11.0. The smallest absolute Gasteiger partial charge is 0.339 e. The van der Waals surface area contributed by atoms with Gasteiger partial charge in [0.2, 0.25) is 10.9 Å². The van der Waals surface area contributed by atoms with E-state index in [-0.39, 0.29) is 13.1 Å². The zero-order valence-corrected chi connectivity index (χ0v) is 14.8. The van der Waals surface area contributed by atoms with Gasteiger partial charge in [-0.05, 0) is 29.8 Å². The van der Waals surface area contributed by atoms with Gasteiger partial charge in [0, 0.05) is 17.2 Å². The lowest BCUT2D eigenvalue weighted by Gasteiger charge is -2.15. The van der Waals surface area contributed by atoms with E-state index in [0.29, 0.717) is 11.3 Å². The summed E-state index contributed by atoms with van der Waals surface area (Å²) in [6.45, 7) is 0.380. The van der Waals surface area contributed by atoms with Crippen LogP contribution in [-0.2, 0) is 28.7 Å². The van der Waals surface area contributed by atoms with Crippen molar-refractivity contribution in [3.8, 4) is 0 Å². The molecule has 2 rings (SSSR count). The number of methoxy groups -OCH3 is 1. The molecule has 0 unspecified atom stereocenters. The van der Waals surface area contributed by atoms with Gasteiger partial charge in [-0.15, -0.1) is 0 Å². The molecule has 0 spiro atoms. The van der Waals surface area contributed by atoms with Gasteiger partial charge in [-0.1, -0.05) is 28.1 Å². The van der Waals surface area contributed by atoms with E-state index in [1.165, 1.54) is 17.6 Å². The lowest BCUT2D eigenvalue weighted by atomic mass is 10.2. The summed E-state index contributed by atoms with van der Waals surface area (Å²) in [5, 5.41) is 0. The van der Waals surface area contributed by atoms with Crippen LogP contribution in [0.2, 0.25) is 0 Å². The lowest BCUT2D eigenvalue weighted by molar-refractivity contribution is 0.0600. The molecule has 0 saturated heterocycles. The van der Waals surface area contributed by atoms with Crippen LogP contribution >= 0.6 is 15.9 Å². The Morgan fingerprint density at radius 1 is 1.26 bits per heavy atom. The summed E-state index contributed by atoms with van der Waals surface area (Å²) < 4.78 is 29.7. The van der Waals surface area contributed by atoms with Gasteiger partial charge in [-0.3, -0.25) is 4.98 Å². The van der Waals surface area contributed by atoms with Gasteiger partial charge in [-0.25, -0.2) is 13.2 Å². The number of nitrogens with zero attached hydrogens (tertiary/aromatic N) is 2. The molecular weight excluding hydrogens is 384 g/mol. The van der Waals surface area contributed by atoms with Gasteiger partial charge in [0.25, 0.3) is 0 Å². The first-order chi connectivity index (χ1) is 11.0. The van der Waals surface area contributed by atoms with Gasteiger partial charge >= 0.3 is 5.97 Å². The van der Waals surface area contributed by atoms with Crippen molar-refractivity contribution in [3.63, 3.8) is 0 Å². The number of hydrogen-bond donors (Lipinski definition) is 1. The second kappa shape index (κ2) is 8.19. The Hall–Kier alpha value is -1.77. The monoisotopic (exact) mass is 398 g/mol. The van der Waals surface area contributed by atoms with Crippen LogP contribution in [0.1, 0.15) is 21.6 Å². The fraction of sp³-hybridized carbons (Fsp3) is 0.200. The Balaban J connectivity index is 2.12. The van der Waals surface area contributed by atoms with Crippen LogP contribution in [0.4, 0.5) is 0 Å². The van der Waals surface area contributed by atoms with E-state index in [0.717, 1.165) is 10.0 Å². The highest BCUT2D eigenvalue weighted by Gasteiger charge is 2.12. The fourth-order valence-corrected chi connectivity index (χ4v) is 2.95. The Morgan fingerprint density at radius 2 is 2.04 bits per heavy atom. The molecule has 0 saturated carbocycles. The van der Waals surface area contributed by atoms with E-state index >= 15 is 0 Å². The molecule has 0 amide bonds. The molecule has 0 atom stereocenters. The maximum atomic E-state index is 11.5. The summed E-state index contributed by atoms with van der Waals surface area (Å²) in [7, 11) is -1.47. The first-order valence-electron chi connectivity index (χ1n) is 6.66. The number of hydrogen-bond acceptors (Lipinski definition) is 5. The standard InChI is InChI=1S/C15H15BrN2O4S/c1-22-15(19)12-5-6-14(17-8-12)10-18(23(20)21)9-11-3-2-4-13(16)7-11/h2-8,23H,9-10H2,1H3. The molecule has 0 aliphatic rings. The summed E-state index contributed by atoms with van der Waals surface area (Å²) in [5.74, 6) is -0.482. The van der Waals surface area contributed by atoms with Crippen molar-refractivity contribution in [2.24, 2.45) is 0 Å². The van der Waals surface area contributed by atoms with E-state index in [2.05, 4.69) is 25.7 Å². The second-order valence-corrected chi connectivity index (χ2v) is 6.68. The third-order valence-electron chi connectivity index (χ3n) is 3.08. The molecule has 122 valence electrons. The number of thiol groups is 1. The minimum atomic E-state index is -2.76. The average Bonchev–Trinajstić information content (AvgIpc) is 2.54. The number of halogens is 1. The first kappa shape index (κ1) is 17.6. The summed E-state index contributed by atoms with van der Waals surface area (Å²) in [5.41, 5.74) is 1.73. The Kier molecular flexibility index (Phi) is 6.26. The minimum absolute atomic E-state index is 0.132. The maximum absolute atomic E-state index is 11.5. The molecule has 0 aliphatic heterocycles. The molecule has 1 aromatic carbocycles. The van der Waals surface area contributed by atoms with Crippen molar-refractivity contribution in [3.05, 3.63) is 63.9 Å².